The predicted octanol–water partition coefficient (Wildman–Crippen LogP) is 5.31. The molecule has 0 aromatic heterocycles. The molecule has 1 fully saturated rings. The van der Waals surface area contributed by atoms with Crippen LogP contribution in [0.5, 0.6) is 17.2 Å². The molecule has 2 aromatic rings. The van der Waals surface area contributed by atoms with Gasteiger partial charge >= 0.3 is 11.9 Å². The largest absolute Gasteiger partial charge is 0.493 e. The van der Waals surface area contributed by atoms with E-state index in [1.165, 1.54) is 16.9 Å². The molecule has 1 aliphatic heterocycles. The Kier molecular flexibility index (Phi) is 7.68. The average Bonchev–Trinajstić information content (AvgIpc) is 3.19. The SMILES string of the molecule is CCCC[NH+]1[CH-]SC(=Cc2ccc(Oc3ccc(C(F)(F)F)cc3[N+](=O)[O-])c(OC)c2)C1. The second-order valence-corrected chi connectivity index (χ2v) is 8.23. The van der Waals surface area contributed by atoms with Gasteiger partial charge in [0.2, 0.25) is 5.75 Å². The Morgan fingerprint density at radius 2 is 1.97 bits per heavy atom. The number of unbranched alkanes of at least 4 members (excludes halogenated alkanes) is 1. The van der Waals surface area contributed by atoms with Crippen molar-refractivity contribution in [3.8, 4) is 17.2 Å². The number of rotatable bonds is 8. The fraction of sp³-hybridized carbons (Fsp3) is 0.318. The molecule has 0 amide bonds. The minimum absolute atomic E-state index is 0.165. The van der Waals surface area contributed by atoms with Gasteiger partial charge in [-0.25, -0.2) is 0 Å². The standard InChI is InChI=1S/C22H23F3N2O4S/c1-3-4-9-26-13-17(32-14-26)10-15-5-7-20(21(11-15)30-2)31-19-8-6-16(22(23,24)25)12-18(19)27(28)29/h5-8,10-12,14,26H,3-4,9,13H2,1-2H3. The normalized spacial score (nSPS) is 17.5. The Hall–Kier alpha value is -2.72. The van der Waals surface area contributed by atoms with Gasteiger partial charge in [-0.05, 0) is 42.3 Å². The lowest BCUT2D eigenvalue weighted by Gasteiger charge is -2.18. The molecule has 1 N–H and O–H groups in total. The first kappa shape index (κ1) is 23.9. The maximum atomic E-state index is 12.9. The Morgan fingerprint density at radius 3 is 2.62 bits per heavy atom. The van der Waals surface area contributed by atoms with Gasteiger partial charge in [-0.2, -0.15) is 13.2 Å². The molecule has 0 saturated carbocycles. The van der Waals surface area contributed by atoms with Crippen LogP contribution >= 0.6 is 11.8 Å². The number of quaternary nitrogens is 1. The lowest BCUT2D eigenvalue weighted by atomic mass is 10.1. The number of methoxy groups -OCH3 is 1. The number of nitrogens with zero attached hydrogens (tertiary/aromatic N) is 1. The zero-order chi connectivity index (χ0) is 23.3. The van der Waals surface area contributed by atoms with Crippen LogP contribution in [0.15, 0.2) is 41.3 Å². The zero-order valence-electron chi connectivity index (χ0n) is 17.6. The molecule has 1 heterocycles. The smallest absolute Gasteiger partial charge is 0.416 e. The van der Waals surface area contributed by atoms with Gasteiger partial charge in [0.15, 0.2) is 11.5 Å². The molecule has 2 aromatic carbocycles. The van der Waals surface area contributed by atoms with Crippen LogP contribution in [-0.4, -0.2) is 25.1 Å². The van der Waals surface area contributed by atoms with Crippen molar-refractivity contribution in [2.24, 2.45) is 0 Å². The Balaban J connectivity index is 1.82. The summed E-state index contributed by atoms with van der Waals surface area (Å²) in [5.41, 5.74) is -1.03. The van der Waals surface area contributed by atoms with Crippen molar-refractivity contribution in [1.29, 1.82) is 0 Å². The second kappa shape index (κ2) is 10.3. The number of hydrogen-bond acceptors (Lipinski definition) is 5. The topological polar surface area (TPSA) is 66.0 Å². The zero-order valence-corrected chi connectivity index (χ0v) is 18.4. The molecule has 1 atom stereocenters. The average molecular weight is 468 g/mol. The minimum Gasteiger partial charge on any atom is -0.493 e. The van der Waals surface area contributed by atoms with Crippen molar-refractivity contribution in [3.05, 3.63) is 68.4 Å². The van der Waals surface area contributed by atoms with Crippen molar-refractivity contribution in [2.75, 3.05) is 20.2 Å². The third-order valence-corrected chi connectivity index (χ3v) is 5.86. The van der Waals surface area contributed by atoms with E-state index in [1.807, 2.05) is 6.08 Å². The number of halogens is 3. The molecule has 1 saturated heterocycles. The molecule has 0 aliphatic carbocycles. The van der Waals surface area contributed by atoms with Gasteiger partial charge in [-0.1, -0.05) is 25.3 Å². The van der Waals surface area contributed by atoms with Gasteiger partial charge in [0.25, 0.3) is 0 Å². The molecule has 1 unspecified atom stereocenters. The Labute approximate surface area is 188 Å². The van der Waals surface area contributed by atoms with Crippen LogP contribution in [0.2, 0.25) is 0 Å². The number of nitro benzene ring substituents is 1. The first-order chi connectivity index (χ1) is 15.2. The fourth-order valence-corrected chi connectivity index (χ4v) is 4.18. The van der Waals surface area contributed by atoms with E-state index >= 15 is 0 Å². The van der Waals surface area contributed by atoms with Crippen LogP contribution in [0.25, 0.3) is 6.08 Å². The summed E-state index contributed by atoms with van der Waals surface area (Å²) in [6.07, 6.45) is -0.348. The van der Waals surface area contributed by atoms with Crippen molar-refractivity contribution in [1.82, 2.24) is 0 Å². The van der Waals surface area contributed by atoms with E-state index in [0.29, 0.717) is 11.8 Å². The molecule has 172 valence electrons. The summed E-state index contributed by atoms with van der Waals surface area (Å²) in [4.78, 5) is 13.0. The van der Waals surface area contributed by atoms with Crippen molar-refractivity contribution < 1.29 is 32.5 Å². The highest BCUT2D eigenvalue weighted by Crippen LogP contribution is 2.40. The van der Waals surface area contributed by atoms with Gasteiger partial charge in [0.05, 0.1) is 30.7 Å². The summed E-state index contributed by atoms with van der Waals surface area (Å²) in [6.45, 7) is 4.15. The monoisotopic (exact) mass is 468 g/mol. The number of alkyl halides is 3. The Bertz CT molecular complexity index is 1010. The first-order valence-electron chi connectivity index (χ1n) is 9.98. The predicted molar refractivity (Wildman–Crippen MR) is 117 cm³/mol. The van der Waals surface area contributed by atoms with Gasteiger partial charge in [-0.3, -0.25) is 21.9 Å². The van der Waals surface area contributed by atoms with E-state index < -0.39 is 22.4 Å². The lowest BCUT2D eigenvalue weighted by Crippen LogP contribution is -3.07. The van der Waals surface area contributed by atoms with Crippen molar-refractivity contribution in [3.63, 3.8) is 0 Å². The fourth-order valence-electron chi connectivity index (χ4n) is 3.19. The highest BCUT2D eigenvalue weighted by molar-refractivity contribution is 8.05. The van der Waals surface area contributed by atoms with Gasteiger partial charge < -0.3 is 14.4 Å². The highest BCUT2D eigenvalue weighted by atomic mass is 32.2. The van der Waals surface area contributed by atoms with E-state index in [2.05, 4.69) is 12.8 Å². The number of nitrogens with one attached hydrogen (secondary N) is 1. The first-order valence-corrected chi connectivity index (χ1v) is 10.9. The van der Waals surface area contributed by atoms with Crippen LogP contribution in [0.3, 0.4) is 0 Å². The second-order valence-electron chi connectivity index (χ2n) is 7.23. The van der Waals surface area contributed by atoms with E-state index in [1.54, 1.807) is 30.0 Å². The molecule has 3 rings (SSSR count). The van der Waals surface area contributed by atoms with Crippen molar-refractivity contribution >= 4 is 23.5 Å². The van der Waals surface area contributed by atoms with Crippen LogP contribution < -0.4 is 14.4 Å². The lowest BCUT2D eigenvalue weighted by molar-refractivity contribution is -0.850. The minimum atomic E-state index is -4.69. The van der Waals surface area contributed by atoms with E-state index in [-0.39, 0.29) is 11.5 Å². The summed E-state index contributed by atoms with van der Waals surface area (Å²) in [6, 6.07) is 7.22. The number of nitro groups is 1. The molecule has 6 nitrogen and oxygen atoms in total. The third kappa shape index (κ3) is 5.95. The van der Waals surface area contributed by atoms with E-state index in [4.69, 9.17) is 9.47 Å². The molecular weight excluding hydrogens is 445 g/mol. The number of ether oxygens (including phenoxy) is 2. The molecule has 10 heteroatoms. The van der Waals surface area contributed by atoms with Gasteiger partial charge in [0, 0.05) is 11.0 Å². The number of hydrogen-bond donors (Lipinski definition) is 1. The summed E-state index contributed by atoms with van der Waals surface area (Å²) in [7, 11) is 1.43. The summed E-state index contributed by atoms with van der Waals surface area (Å²) < 4.78 is 49.7. The van der Waals surface area contributed by atoms with Crippen LogP contribution in [0.1, 0.15) is 30.9 Å². The molecule has 0 radical (unpaired) electrons. The number of thioether (sulfide) groups is 1. The quantitative estimate of drug-likeness (QED) is 0.323. The van der Waals surface area contributed by atoms with E-state index in [0.717, 1.165) is 43.6 Å². The van der Waals surface area contributed by atoms with Crippen LogP contribution in [-0.2, 0) is 6.18 Å². The molecule has 1 aliphatic rings. The molecule has 32 heavy (non-hydrogen) atoms. The van der Waals surface area contributed by atoms with Gasteiger partial charge in [0.1, 0.15) is 0 Å². The van der Waals surface area contributed by atoms with Gasteiger partial charge in [-0.15, -0.1) is 0 Å². The van der Waals surface area contributed by atoms with Crippen LogP contribution in [0, 0.1) is 16.0 Å². The highest BCUT2D eigenvalue weighted by Gasteiger charge is 2.33. The third-order valence-electron chi connectivity index (χ3n) is 4.85. The number of benzene rings is 2. The van der Waals surface area contributed by atoms with Crippen LogP contribution in [0.4, 0.5) is 18.9 Å². The molecule has 0 spiro atoms. The maximum absolute atomic E-state index is 12.9. The maximum Gasteiger partial charge on any atom is 0.416 e. The Morgan fingerprint density at radius 1 is 1.22 bits per heavy atom. The summed E-state index contributed by atoms with van der Waals surface area (Å²) in [5, 5.41) is 11.3. The summed E-state index contributed by atoms with van der Waals surface area (Å²) >= 11 is 1.68. The molecule has 0 bridgehead atoms. The van der Waals surface area contributed by atoms with Crippen molar-refractivity contribution in [2.45, 2.75) is 25.9 Å². The summed E-state index contributed by atoms with van der Waals surface area (Å²) in [5.74, 6) is 2.36. The van der Waals surface area contributed by atoms with E-state index in [9.17, 15) is 23.3 Å². The molecular formula is C22H23F3N2O4S.